The van der Waals surface area contributed by atoms with Crippen LogP contribution >= 0.6 is 11.6 Å². The topological polar surface area (TPSA) is 89.2 Å². The van der Waals surface area contributed by atoms with Crippen molar-refractivity contribution in [3.05, 3.63) is 82.8 Å². The number of aliphatic hydroxyl groups is 1. The molecule has 1 aliphatic heterocycles. The number of ketones is 1. The monoisotopic (exact) mass is 439 g/mol. The van der Waals surface area contributed by atoms with Crippen LogP contribution in [0.1, 0.15) is 17.4 Å². The Hall–Kier alpha value is -3.71. The summed E-state index contributed by atoms with van der Waals surface area (Å²) in [7, 11) is 2.91. The molecule has 1 N–H and O–H groups in total. The van der Waals surface area contributed by atoms with Crippen molar-refractivity contribution in [2.75, 3.05) is 19.1 Å². The van der Waals surface area contributed by atoms with Crippen LogP contribution in [0.2, 0.25) is 5.02 Å². The average molecular weight is 440 g/mol. The predicted molar refractivity (Wildman–Crippen MR) is 114 cm³/mol. The van der Waals surface area contributed by atoms with Crippen LogP contribution in [0.5, 0.6) is 11.5 Å². The van der Waals surface area contributed by atoms with E-state index in [1.807, 2.05) is 0 Å². The average Bonchev–Trinajstić information content (AvgIpc) is 3.40. The Bertz CT molecular complexity index is 1180. The van der Waals surface area contributed by atoms with Gasteiger partial charge in [0.15, 0.2) is 0 Å². The number of amides is 1. The molecule has 4 rings (SSSR count). The van der Waals surface area contributed by atoms with Crippen molar-refractivity contribution in [3.8, 4) is 11.5 Å². The second kappa shape index (κ2) is 8.20. The zero-order valence-electron chi connectivity index (χ0n) is 16.7. The Morgan fingerprint density at radius 1 is 1.03 bits per heavy atom. The van der Waals surface area contributed by atoms with Gasteiger partial charge in [-0.15, -0.1) is 0 Å². The fourth-order valence-electron chi connectivity index (χ4n) is 3.59. The number of hydrogen-bond acceptors (Lipinski definition) is 6. The number of Topliss-reactive ketones (excluding diaryl/α,β-unsaturated/α-hetero) is 1. The molecule has 1 saturated heterocycles. The Morgan fingerprint density at radius 2 is 1.77 bits per heavy atom. The molecular formula is C23H18ClNO6. The van der Waals surface area contributed by atoms with Gasteiger partial charge in [-0.1, -0.05) is 23.7 Å². The number of carbonyl (C=O) groups is 2. The Labute approximate surface area is 183 Å². The number of methoxy groups -OCH3 is 2. The first-order valence-electron chi connectivity index (χ1n) is 9.29. The highest BCUT2D eigenvalue weighted by molar-refractivity contribution is 6.51. The minimum absolute atomic E-state index is 0.116. The van der Waals surface area contributed by atoms with E-state index in [9.17, 15) is 14.7 Å². The van der Waals surface area contributed by atoms with Gasteiger partial charge in [0.2, 0.25) is 0 Å². The van der Waals surface area contributed by atoms with E-state index in [-0.39, 0.29) is 16.9 Å². The number of carbonyl (C=O) groups excluding carboxylic acids is 2. The highest BCUT2D eigenvalue weighted by Gasteiger charge is 2.49. The molecule has 0 bridgehead atoms. The molecule has 1 fully saturated rings. The molecule has 1 atom stereocenters. The molecule has 0 spiro atoms. The molecule has 1 aromatic heterocycles. The molecule has 0 aliphatic carbocycles. The molecule has 1 unspecified atom stereocenters. The lowest BCUT2D eigenvalue weighted by molar-refractivity contribution is -0.132. The van der Waals surface area contributed by atoms with Crippen molar-refractivity contribution in [2.24, 2.45) is 0 Å². The van der Waals surface area contributed by atoms with Gasteiger partial charge >= 0.3 is 0 Å². The highest BCUT2D eigenvalue weighted by Crippen LogP contribution is 2.45. The van der Waals surface area contributed by atoms with E-state index in [1.165, 1.54) is 43.6 Å². The summed E-state index contributed by atoms with van der Waals surface area (Å²) in [6.07, 6.45) is 1.43. The molecule has 0 radical (unpaired) electrons. The smallest absolute Gasteiger partial charge is 0.300 e. The predicted octanol–water partition coefficient (Wildman–Crippen LogP) is 4.58. The minimum atomic E-state index is -0.993. The highest BCUT2D eigenvalue weighted by atomic mass is 35.5. The molecule has 2 aromatic carbocycles. The van der Waals surface area contributed by atoms with Gasteiger partial charge in [0.05, 0.1) is 36.8 Å². The van der Waals surface area contributed by atoms with Crippen molar-refractivity contribution in [1.29, 1.82) is 0 Å². The summed E-state index contributed by atoms with van der Waals surface area (Å²) in [6.45, 7) is 0. The summed E-state index contributed by atoms with van der Waals surface area (Å²) in [5, 5.41) is 11.4. The van der Waals surface area contributed by atoms with E-state index < -0.39 is 17.7 Å². The van der Waals surface area contributed by atoms with Gasteiger partial charge in [-0.2, -0.15) is 0 Å². The number of rotatable bonds is 5. The van der Waals surface area contributed by atoms with Gasteiger partial charge in [-0.3, -0.25) is 14.5 Å². The maximum absolute atomic E-state index is 13.1. The molecule has 158 valence electrons. The number of ether oxygens (including phenoxy) is 2. The standard InChI is InChI=1S/C23H18ClNO6/c1-29-16-7-4-3-6-15(16)25-20(17-8-5-11-31-17)19(22(27)23(25)28)21(26)13-9-10-14(24)18(12-13)30-2/h3-12,20,26H,1-2H3/b21-19-. The molecule has 1 amide bonds. The van der Waals surface area contributed by atoms with Crippen LogP contribution in [0.3, 0.4) is 0 Å². The van der Waals surface area contributed by atoms with Crippen LogP contribution in [-0.4, -0.2) is 31.0 Å². The van der Waals surface area contributed by atoms with E-state index in [4.69, 9.17) is 25.5 Å². The van der Waals surface area contributed by atoms with Gasteiger partial charge in [-0.05, 0) is 42.5 Å². The summed E-state index contributed by atoms with van der Waals surface area (Å²) in [4.78, 5) is 27.4. The molecule has 2 heterocycles. The van der Waals surface area contributed by atoms with Gasteiger partial charge in [0.1, 0.15) is 29.1 Å². The number of furan rings is 1. The number of para-hydroxylation sites is 2. The fourth-order valence-corrected chi connectivity index (χ4v) is 3.78. The molecule has 7 nitrogen and oxygen atoms in total. The summed E-state index contributed by atoms with van der Waals surface area (Å²) in [6, 6.07) is 13.7. The van der Waals surface area contributed by atoms with E-state index in [2.05, 4.69) is 0 Å². The van der Waals surface area contributed by atoms with Crippen molar-refractivity contribution < 1.29 is 28.6 Å². The SMILES string of the molecule is COc1cc(/C(O)=C2/C(=O)C(=O)N(c3ccccc3OC)C2c2ccco2)ccc1Cl. The summed E-state index contributed by atoms with van der Waals surface area (Å²) in [5.41, 5.74) is 0.535. The van der Waals surface area contributed by atoms with Crippen LogP contribution < -0.4 is 14.4 Å². The normalized spacial score (nSPS) is 17.8. The first-order chi connectivity index (χ1) is 15.0. The summed E-state index contributed by atoms with van der Waals surface area (Å²) in [5.74, 6) is -1.000. The van der Waals surface area contributed by atoms with Crippen molar-refractivity contribution in [3.63, 3.8) is 0 Å². The van der Waals surface area contributed by atoms with Crippen LogP contribution in [0.15, 0.2) is 70.9 Å². The first-order valence-corrected chi connectivity index (χ1v) is 9.67. The van der Waals surface area contributed by atoms with E-state index in [0.717, 1.165) is 0 Å². The molecule has 8 heteroatoms. The zero-order valence-corrected chi connectivity index (χ0v) is 17.4. The van der Waals surface area contributed by atoms with Crippen LogP contribution in [0, 0.1) is 0 Å². The molecule has 31 heavy (non-hydrogen) atoms. The van der Waals surface area contributed by atoms with Crippen molar-refractivity contribution >= 4 is 34.7 Å². The minimum Gasteiger partial charge on any atom is -0.507 e. The van der Waals surface area contributed by atoms with Gasteiger partial charge in [-0.25, -0.2) is 0 Å². The van der Waals surface area contributed by atoms with Gasteiger partial charge < -0.3 is 19.0 Å². The van der Waals surface area contributed by atoms with Crippen molar-refractivity contribution in [1.82, 2.24) is 0 Å². The fraction of sp³-hybridized carbons (Fsp3) is 0.130. The Morgan fingerprint density at radius 3 is 2.45 bits per heavy atom. The zero-order chi connectivity index (χ0) is 22.1. The summed E-state index contributed by atoms with van der Waals surface area (Å²) >= 11 is 6.08. The second-order valence-corrected chi connectivity index (χ2v) is 7.11. The number of aliphatic hydroxyl groups excluding tert-OH is 1. The van der Waals surface area contributed by atoms with E-state index >= 15 is 0 Å². The third kappa shape index (κ3) is 3.43. The van der Waals surface area contributed by atoms with Crippen LogP contribution in [0.4, 0.5) is 5.69 Å². The Kier molecular flexibility index (Phi) is 5.44. The maximum Gasteiger partial charge on any atom is 0.300 e. The number of anilines is 1. The lowest BCUT2D eigenvalue weighted by Gasteiger charge is -2.24. The Balaban J connectivity index is 1.94. The lowest BCUT2D eigenvalue weighted by atomic mass is 9.99. The van der Waals surface area contributed by atoms with E-state index in [0.29, 0.717) is 28.0 Å². The maximum atomic E-state index is 13.1. The summed E-state index contributed by atoms with van der Waals surface area (Å²) < 4.78 is 16.1. The van der Waals surface area contributed by atoms with Crippen molar-refractivity contribution in [2.45, 2.75) is 6.04 Å². The quantitative estimate of drug-likeness (QED) is 0.355. The molecule has 1 aliphatic rings. The lowest BCUT2D eigenvalue weighted by Crippen LogP contribution is -2.29. The number of nitrogens with zero attached hydrogens (tertiary/aromatic N) is 1. The number of benzene rings is 2. The van der Waals surface area contributed by atoms with E-state index in [1.54, 1.807) is 36.4 Å². The number of hydrogen-bond donors (Lipinski definition) is 1. The van der Waals surface area contributed by atoms with Crippen LogP contribution in [0.25, 0.3) is 5.76 Å². The third-order valence-corrected chi connectivity index (χ3v) is 5.34. The first kappa shape index (κ1) is 20.6. The second-order valence-electron chi connectivity index (χ2n) is 6.71. The third-order valence-electron chi connectivity index (χ3n) is 5.03. The molecular weight excluding hydrogens is 422 g/mol. The van der Waals surface area contributed by atoms with Gasteiger partial charge in [0.25, 0.3) is 11.7 Å². The van der Waals surface area contributed by atoms with Crippen LogP contribution in [-0.2, 0) is 9.59 Å². The van der Waals surface area contributed by atoms with Gasteiger partial charge in [0, 0.05) is 5.56 Å². The largest absolute Gasteiger partial charge is 0.507 e. The number of halogens is 1. The molecule has 3 aromatic rings. The molecule has 0 saturated carbocycles.